The lowest BCUT2D eigenvalue weighted by Crippen LogP contribution is -1.95. The number of hydrogen-bond donors (Lipinski definition) is 0. The number of rotatable bonds is 6. The summed E-state index contributed by atoms with van der Waals surface area (Å²) in [6.07, 6.45) is 2.18. The summed E-state index contributed by atoms with van der Waals surface area (Å²) < 4.78 is 6.02. The molecular formula is C20H26O. The third-order valence-corrected chi connectivity index (χ3v) is 3.32. The summed E-state index contributed by atoms with van der Waals surface area (Å²) in [6, 6.07) is 16.8. The Balaban J connectivity index is 2.10. The molecule has 0 saturated carbocycles. The Morgan fingerprint density at radius 2 is 1.14 bits per heavy atom. The van der Waals surface area contributed by atoms with Crippen LogP contribution < -0.4 is 4.74 Å². The van der Waals surface area contributed by atoms with Gasteiger partial charge in [-0.2, -0.15) is 0 Å². The Morgan fingerprint density at radius 3 is 1.52 bits per heavy atom. The largest absolute Gasteiger partial charge is 0.457 e. The molecule has 0 radical (unpaired) electrons. The van der Waals surface area contributed by atoms with Crippen molar-refractivity contribution in [2.45, 2.75) is 40.5 Å². The van der Waals surface area contributed by atoms with Gasteiger partial charge in [0, 0.05) is 0 Å². The molecule has 1 heteroatoms. The van der Waals surface area contributed by atoms with E-state index in [-0.39, 0.29) is 0 Å². The van der Waals surface area contributed by atoms with Crippen LogP contribution in [0.5, 0.6) is 11.5 Å². The van der Waals surface area contributed by atoms with Crippen molar-refractivity contribution < 1.29 is 4.74 Å². The summed E-state index contributed by atoms with van der Waals surface area (Å²) >= 11 is 0. The fourth-order valence-corrected chi connectivity index (χ4v) is 2.55. The van der Waals surface area contributed by atoms with Crippen molar-refractivity contribution in [2.24, 2.45) is 11.8 Å². The van der Waals surface area contributed by atoms with Crippen molar-refractivity contribution in [2.75, 3.05) is 0 Å². The molecule has 21 heavy (non-hydrogen) atoms. The lowest BCUT2D eigenvalue weighted by atomic mass is 10.0. The highest BCUT2D eigenvalue weighted by molar-refractivity contribution is 5.36. The molecule has 2 rings (SSSR count). The van der Waals surface area contributed by atoms with Gasteiger partial charge >= 0.3 is 0 Å². The average molecular weight is 282 g/mol. The highest BCUT2D eigenvalue weighted by atomic mass is 16.5. The molecule has 0 aromatic heterocycles. The summed E-state index contributed by atoms with van der Waals surface area (Å²) in [7, 11) is 0. The van der Waals surface area contributed by atoms with E-state index in [1.807, 2.05) is 12.1 Å². The zero-order chi connectivity index (χ0) is 15.2. The molecule has 0 saturated heterocycles. The highest BCUT2D eigenvalue weighted by Crippen LogP contribution is 2.24. The predicted molar refractivity (Wildman–Crippen MR) is 90.0 cm³/mol. The monoisotopic (exact) mass is 282 g/mol. The van der Waals surface area contributed by atoms with E-state index in [9.17, 15) is 0 Å². The topological polar surface area (TPSA) is 9.23 Å². The Hall–Kier alpha value is -1.76. The van der Waals surface area contributed by atoms with Gasteiger partial charge in [0.2, 0.25) is 0 Å². The van der Waals surface area contributed by atoms with Gasteiger partial charge in [0.25, 0.3) is 0 Å². The van der Waals surface area contributed by atoms with E-state index in [2.05, 4.69) is 64.1 Å². The standard InChI is InChI=1S/C20H26O/c1-15(2)11-17-7-5-9-19(13-17)21-20-10-6-8-18(14-20)12-16(3)4/h5-10,13-16H,11-12H2,1-4H3. The highest BCUT2D eigenvalue weighted by Gasteiger charge is 2.03. The van der Waals surface area contributed by atoms with Gasteiger partial charge in [-0.15, -0.1) is 0 Å². The molecule has 0 atom stereocenters. The minimum atomic E-state index is 0.662. The maximum Gasteiger partial charge on any atom is 0.127 e. The first-order valence-electron chi connectivity index (χ1n) is 7.88. The minimum absolute atomic E-state index is 0.662. The summed E-state index contributed by atoms with van der Waals surface area (Å²) in [5, 5.41) is 0. The maximum atomic E-state index is 6.02. The van der Waals surface area contributed by atoms with Crippen LogP contribution in [-0.4, -0.2) is 0 Å². The molecule has 0 spiro atoms. The molecule has 0 N–H and O–H groups in total. The Morgan fingerprint density at radius 1 is 0.714 bits per heavy atom. The first-order chi connectivity index (χ1) is 10.0. The first kappa shape index (κ1) is 15.6. The van der Waals surface area contributed by atoms with Gasteiger partial charge in [-0.05, 0) is 60.1 Å². The van der Waals surface area contributed by atoms with Gasteiger partial charge < -0.3 is 4.74 Å². The van der Waals surface area contributed by atoms with E-state index in [0.29, 0.717) is 11.8 Å². The molecule has 0 aliphatic heterocycles. The van der Waals surface area contributed by atoms with Crippen LogP contribution in [0.15, 0.2) is 48.5 Å². The van der Waals surface area contributed by atoms with Crippen LogP contribution in [0.2, 0.25) is 0 Å². The molecule has 112 valence electrons. The molecule has 0 fully saturated rings. The van der Waals surface area contributed by atoms with Crippen molar-refractivity contribution in [3.8, 4) is 11.5 Å². The van der Waals surface area contributed by atoms with Crippen molar-refractivity contribution in [3.05, 3.63) is 59.7 Å². The van der Waals surface area contributed by atoms with Crippen LogP contribution in [0.25, 0.3) is 0 Å². The number of ether oxygens (including phenoxy) is 1. The summed E-state index contributed by atoms with van der Waals surface area (Å²) in [5.41, 5.74) is 2.67. The lowest BCUT2D eigenvalue weighted by molar-refractivity contribution is 0.480. The van der Waals surface area contributed by atoms with E-state index in [4.69, 9.17) is 4.74 Å². The van der Waals surface area contributed by atoms with Gasteiger partial charge in [-0.25, -0.2) is 0 Å². The number of hydrogen-bond acceptors (Lipinski definition) is 1. The smallest absolute Gasteiger partial charge is 0.127 e. The lowest BCUT2D eigenvalue weighted by Gasteiger charge is -2.11. The van der Waals surface area contributed by atoms with Crippen LogP contribution in [0.3, 0.4) is 0 Å². The fourth-order valence-electron chi connectivity index (χ4n) is 2.55. The van der Waals surface area contributed by atoms with Gasteiger partial charge in [0.05, 0.1) is 0 Å². The zero-order valence-electron chi connectivity index (χ0n) is 13.6. The van der Waals surface area contributed by atoms with Crippen molar-refractivity contribution in [3.63, 3.8) is 0 Å². The van der Waals surface area contributed by atoms with Crippen LogP contribution in [0.4, 0.5) is 0 Å². The van der Waals surface area contributed by atoms with Gasteiger partial charge in [0.1, 0.15) is 11.5 Å². The second-order valence-corrected chi connectivity index (χ2v) is 6.59. The van der Waals surface area contributed by atoms with Gasteiger partial charge in [0.15, 0.2) is 0 Å². The molecule has 2 aromatic carbocycles. The maximum absolute atomic E-state index is 6.02. The molecule has 0 heterocycles. The molecule has 0 unspecified atom stereocenters. The Labute approximate surface area is 129 Å². The quantitative estimate of drug-likeness (QED) is 0.643. The Kier molecular flexibility index (Phi) is 5.44. The minimum Gasteiger partial charge on any atom is -0.457 e. The second kappa shape index (κ2) is 7.31. The third-order valence-electron chi connectivity index (χ3n) is 3.32. The normalized spacial score (nSPS) is 11.1. The SMILES string of the molecule is CC(C)Cc1cccc(Oc2cccc(CC(C)C)c2)c1. The first-order valence-corrected chi connectivity index (χ1v) is 7.88. The molecule has 0 bridgehead atoms. The van der Waals surface area contributed by atoms with E-state index >= 15 is 0 Å². The van der Waals surface area contributed by atoms with E-state index in [1.165, 1.54) is 11.1 Å². The van der Waals surface area contributed by atoms with Crippen molar-refractivity contribution >= 4 is 0 Å². The van der Waals surface area contributed by atoms with Crippen LogP contribution >= 0.6 is 0 Å². The molecule has 0 amide bonds. The fraction of sp³-hybridized carbons (Fsp3) is 0.400. The van der Waals surface area contributed by atoms with E-state index < -0.39 is 0 Å². The summed E-state index contributed by atoms with van der Waals surface area (Å²) in [6.45, 7) is 8.96. The van der Waals surface area contributed by atoms with E-state index in [0.717, 1.165) is 24.3 Å². The van der Waals surface area contributed by atoms with E-state index in [1.54, 1.807) is 0 Å². The molecule has 2 aromatic rings. The van der Waals surface area contributed by atoms with Crippen molar-refractivity contribution in [1.82, 2.24) is 0 Å². The summed E-state index contributed by atoms with van der Waals surface area (Å²) in [5.74, 6) is 3.17. The van der Waals surface area contributed by atoms with Crippen molar-refractivity contribution in [1.29, 1.82) is 0 Å². The molecule has 0 aliphatic rings. The van der Waals surface area contributed by atoms with Gasteiger partial charge in [-0.1, -0.05) is 52.0 Å². The van der Waals surface area contributed by atoms with Crippen LogP contribution in [-0.2, 0) is 12.8 Å². The van der Waals surface area contributed by atoms with Crippen LogP contribution in [0.1, 0.15) is 38.8 Å². The average Bonchev–Trinajstić information content (AvgIpc) is 2.37. The zero-order valence-corrected chi connectivity index (χ0v) is 13.6. The van der Waals surface area contributed by atoms with Crippen LogP contribution in [0, 0.1) is 11.8 Å². The predicted octanol–water partition coefficient (Wildman–Crippen LogP) is 5.88. The number of benzene rings is 2. The molecular weight excluding hydrogens is 256 g/mol. The third kappa shape index (κ3) is 5.26. The second-order valence-electron chi connectivity index (χ2n) is 6.59. The molecule has 1 nitrogen and oxygen atoms in total. The van der Waals surface area contributed by atoms with Gasteiger partial charge in [-0.3, -0.25) is 0 Å². The summed E-state index contributed by atoms with van der Waals surface area (Å²) in [4.78, 5) is 0. The Bertz CT molecular complexity index is 518. The molecule has 0 aliphatic carbocycles.